The van der Waals surface area contributed by atoms with Crippen molar-refractivity contribution in [2.45, 2.75) is 31.2 Å². The van der Waals surface area contributed by atoms with E-state index in [0.717, 1.165) is 11.1 Å². The van der Waals surface area contributed by atoms with E-state index in [1.54, 1.807) is 12.1 Å². The molecule has 8 heteroatoms. The molecule has 6 nitrogen and oxygen atoms in total. The molecule has 0 bridgehead atoms. The van der Waals surface area contributed by atoms with Gasteiger partial charge < -0.3 is 10.1 Å². The van der Waals surface area contributed by atoms with Crippen LogP contribution in [0.15, 0.2) is 77.7 Å². The van der Waals surface area contributed by atoms with Crippen molar-refractivity contribution in [3.05, 3.63) is 88.9 Å². The van der Waals surface area contributed by atoms with Crippen molar-refractivity contribution in [3.8, 4) is 5.75 Å². The highest BCUT2D eigenvalue weighted by molar-refractivity contribution is 7.89. The first-order chi connectivity index (χ1) is 15.3. The molecule has 3 aromatic rings. The number of carbonyl (C=O) groups excluding carboxylic acids is 1. The Morgan fingerprint density at radius 2 is 1.72 bits per heavy atom. The monoisotopic (exact) mass is 472 g/mol. The van der Waals surface area contributed by atoms with Crippen molar-refractivity contribution < 1.29 is 17.9 Å². The fourth-order valence-corrected chi connectivity index (χ4v) is 4.67. The van der Waals surface area contributed by atoms with Gasteiger partial charge in [0.25, 0.3) is 0 Å². The third kappa shape index (κ3) is 6.09. The van der Waals surface area contributed by atoms with Gasteiger partial charge in [-0.1, -0.05) is 60.1 Å². The molecule has 0 saturated carbocycles. The van der Waals surface area contributed by atoms with Crippen LogP contribution in [0.4, 0.5) is 5.69 Å². The van der Waals surface area contributed by atoms with Crippen LogP contribution in [0.1, 0.15) is 18.1 Å². The zero-order valence-electron chi connectivity index (χ0n) is 17.8. The minimum absolute atomic E-state index is 0.0484. The van der Waals surface area contributed by atoms with Crippen LogP contribution in [0.25, 0.3) is 0 Å². The van der Waals surface area contributed by atoms with Crippen LogP contribution in [-0.4, -0.2) is 27.0 Å². The van der Waals surface area contributed by atoms with E-state index in [0.29, 0.717) is 18.0 Å². The Bertz CT molecular complexity index is 1180. The summed E-state index contributed by atoms with van der Waals surface area (Å²) in [5.74, 6) is -0.0602. The summed E-state index contributed by atoms with van der Waals surface area (Å²) >= 11 is 6.17. The minimum atomic E-state index is -4.03. The van der Waals surface area contributed by atoms with Crippen molar-refractivity contribution in [3.63, 3.8) is 0 Å². The van der Waals surface area contributed by atoms with E-state index in [9.17, 15) is 13.2 Å². The Morgan fingerprint density at radius 1 is 1.03 bits per heavy atom. The van der Waals surface area contributed by atoms with E-state index >= 15 is 0 Å². The summed E-state index contributed by atoms with van der Waals surface area (Å²) in [5.41, 5.74) is 2.32. The number of benzene rings is 3. The second kappa shape index (κ2) is 10.6. The quantitative estimate of drug-likeness (QED) is 0.477. The summed E-state index contributed by atoms with van der Waals surface area (Å²) in [5, 5.41) is 3.01. The second-order valence-corrected chi connectivity index (χ2v) is 9.31. The van der Waals surface area contributed by atoms with Gasteiger partial charge in [0.2, 0.25) is 15.9 Å². The number of hydrogen-bond donors (Lipinski definition) is 2. The highest BCUT2D eigenvalue weighted by Gasteiger charge is 2.27. The summed E-state index contributed by atoms with van der Waals surface area (Å²) < 4.78 is 34.1. The molecule has 0 fully saturated rings. The van der Waals surface area contributed by atoms with Gasteiger partial charge in [0.1, 0.15) is 11.8 Å². The van der Waals surface area contributed by atoms with Gasteiger partial charge in [0, 0.05) is 5.69 Å². The van der Waals surface area contributed by atoms with E-state index in [1.165, 1.54) is 18.2 Å². The molecular weight excluding hydrogens is 448 g/mol. The van der Waals surface area contributed by atoms with E-state index < -0.39 is 22.0 Å². The number of ether oxygens (including phenoxy) is 1. The first kappa shape index (κ1) is 23.8. The zero-order valence-corrected chi connectivity index (χ0v) is 19.4. The number of aryl methyl sites for hydroxylation is 1. The van der Waals surface area contributed by atoms with E-state index in [4.69, 9.17) is 16.3 Å². The molecule has 0 aliphatic carbocycles. The van der Waals surface area contributed by atoms with Crippen LogP contribution in [0.3, 0.4) is 0 Å². The number of para-hydroxylation sites is 1. The number of amides is 1. The topological polar surface area (TPSA) is 84.5 Å². The number of anilines is 1. The maximum Gasteiger partial charge on any atom is 0.242 e. The SMILES string of the molecule is CCOc1ccc(S(=O)(=O)NC(Cc2ccccc2)C(=O)Nc2ccccc2C)cc1Cl. The van der Waals surface area contributed by atoms with Gasteiger partial charge in [-0.25, -0.2) is 8.42 Å². The fraction of sp³-hybridized carbons (Fsp3) is 0.208. The molecule has 32 heavy (non-hydrogen) atoms. The molecule has 0 saturated heterocycles. The highest BCUT2D eigenvalue weighted by Crippen LogP contribution is 2.27. The molecule has 1 atom stereocenters. The summed E-state index contributed by atoms with van der Waals surface area (Å²) in [6.45, 7) is 4.08. The number of sulfonamides is 1. The lowest BCUT2D eigenvalue weighted by atomic mass is 10.1. The third-order valence-corrected chi connectivity index (χ3v) is 6.58. The van der Waals surface area contributed by atoms with E-state index in [-0.39, 0.29) is 16.3 Å². The summed E-state index contributed by atoms with van der Waals surface area (Å²) in [6, 6.07) is 19.7. The average molecular weight is 473 g/mol. The fourth-order valence-electron chi connectivity index (χ4n) is 3.15. The van der Waals surface area contributed by atoms with Gasteiger partial charge >= 0.3 is 0 Å². The lowest BCUT2D eigenvalue weighted by Gasteiger charge is -2.20. The molecule has 3 aromatic carbocycles. The zero-order chi connectivity index (χ0) is 23.1. The van der Waals surface area contributed by atoms with Crippen LogP contribution in [0.2, 0.25) is 5.02 Å². The third-order valence-electron chi connectivity index (χ3n) is 4.81. The van der Waals surface area contributed by atoms with Crippen molar-refractivity contribution in [1.82, 2.24) is 4.72 Å². The van der Waals surface area contributed by atoms with Crippen LogP contribution < -0.4 is 14.8 Å². The van der Waals surface area contributed by atoms with Crippen LogP contribution in [0, 0.1) is 6.92 Å². The van der Waals surface area contributed by atoms with Gasteiger partial charge in [0.05, 0.1) is 16.5 Å². The van der Waals surface area contributed by atoms with Gasteiger partial charge in [-0.15, -0.1) is 0 Å². The van der Waals surface area contributed by atoms with E-state index in [2.05, 4.69) is 10.0 Å². The molecule has 0 aromatic heterocycles. The van der Waals surface area contributed by atoms with Crippen molar-refractivity contribution in [1.29, 1.82) is 0 Å². The summed E-state index contributed by atoms with van der Waals surface area (Å²) in [4.78, 5) is 13.1. The highest BCUT2D eigenvalue weighted by atomic mass is 35.5. The Balaban J connectivity index is 1.88. The predicted molar refractivity (Wildman–Crippen MR) is 127 cm³/mol. The van der Waals surface area contributed by atoms with Gasteiger partial charge in [-0.2, -0.15) is 4.72 Å². The normalized spacial score (nSPS) is 12.2. The maximum atomic E-state index is 13.1. The van der Waals surface area contributed by atoms with Crippen LogP contribution >= 0.6 is 11.6 Å². The first-order valence-corrected chi connectivity index (χ1v) is 12.0. The minimum Gasteiger partial charge on any atom is -0.492 e. The number of nitrogens with one attached hydrogen (secondary N) is 2. The van der Waals surface area contributed by atoms with Crippen LogP contribution in [0.5, 0.6) is 5.75 Å². The number of carbonyl (C=O) groups is 1. The molecule has 0 spiro atoms. The lowest BCUT2D eigenvalue weighted by Crippen LogP contribution is -2.45. The smallest absolute Gasteiger partial charge is 0.242 e. The van der Waals surface area contributed by atoms with E-state index in [1.807, 2.05) is 56.3 Å². The predicted octanol–water partition coefficient (Wildman–Crippen LogP) is 4.58. The standard InChI is InChI=1S/C24H25ClN2O4S/c1-3-31-23-14-13-19(16-20(23)25)32(29,30)27-22(15-18-10-5-4-6-11-18)24(28)26-21-12-8-7-9-17(21)2/h4-14,16,22,27H,3,15H2,1-2H3,(H,26,28). The maximum absolute atomic E-state index is 13.1. The Labute approximate surface area is 193 Å². The van der Waals surface area contributed by atoms with Crippen molar-refractivity contribution in [2.75, 3.05) is 11.9 Å². The second-order valence-electron chi connectivity index (χ2n) is 7.19. The van der Waals surface area contributed by atoms with Crippen LogP contribution in [-0.2, 0) is 21.2 Å². The summed E-state index contributed by atoms with van der Waals surface area (Å²) in [7, 11) is -4.03. The Morgan fingerprint density at radius 3 is 2.38 bits per heavy atom. The molecule has 2 N–H and O–H groups in total. The summed E-state index contributed by atoms with van der Waals surface area (Å²) in [6.07, 6.45) is 0.183. The Kier molecular flexibility index (Phi) is 7.90. The molecule has 0 heterocycles. The number of rotatable bonds is 9. The molecule has 3 rings (SSSR count). The number of hydrogen-bond acceptors (Lipinski definition) is 4. The molecular formula is C24H25ClN2O4S. The molecule has 0 aliphatic heterocycles. The van der Waals surface area contributed by atoms with Gasteiger partial charge in [-0.05, 0) is 55.7 Å². The molecule has 1 amide bonds. The Hall–Kier alpha value is -2.87. The first-order valence-electron chi connectivity index (χ1n) is 10.1. The average Bonchev–Trinajstić information content (AvgIpc) is 2.77. The lowest BCUT2D eigenvalue weighted by molar-refractivity contribution is -0.117. The van der Waals surface area contributed by atoms with Gasteiger partial charge in [0.15, 0.2) is 0 Å². The largest absolute Gasteiger partial charge is 0.492 e. The molecule has 0 aliphatic rings. The van der Waals surface area contributed by atoms with Crippen molar-refractivity contribution >= 4 is 33.2 Å². The molecule has 1 unspecified atom stereocenters. The van der Waals surface area contributed by atoms with Crippen molar-refractivity contribution in [2.24, 2.45) is 0 Å². The molecule has 168 valence electrons. The number of halogens is 1. The molecule has 0 radical (unpaired) electrons. The van der Waals surface area contributed by atoms with Gasteiger partial charge in [-0.3, -0.25) is 4.79 Å².